The van der Waals surface area contributed by atoms with Crippen LogP contribution in [0, 0.1) is 0 Å². The number of fused-ring (bicyclic) bond motifs is 2. The van der Waals surface area contributed by atoms with Crippen molar-refractivity contribution in [3.05, 3.63) is 72.3 Å². The van der Waals surface area contributed by atoms with Gasteiger partial charge in [0.25, 0.3) is 0 Å². The standard InChI is InChI=1S/C17H15NO2/c1-2-11-18-14-9-5-3-7-12(14)16(17(19)20)13-8-4-6-10-15(13)18/h2-10,16H,1,11H2,(H,19,20). The Labute approximate surface area is 117 Å². The SMILES string of the molecule is C=CCN1c2ccccc2C(C(=O)O)c2ccccc21. The molecule has 0 aromatic heterocycles. The van der Waals surface area contributed by atoms with Crippen LogP contribution in [0.5, 0.6) is 0 Å². The summed E-state index contributed by atoms with van der Waals surface area (Å²) in [6, 6.07) is 15.3. The molecule has 3 rings (SSSR count). The van der Waals surface area contributed by atoms with Crippen LogP contribution in [0.3, 0.4) is 0 Å². The summed E-state index contributed by atoms with van der Waals surface area (Å²) in [5.41, 5.74) is 3.55. The number of benzene rings is 2. The van der Waals surface area contributed by atoms with Gasteiger partial charge in [-0.15, -0.1) is 6.58 Å². The quantitative estimate of drug-likeness (QED) is 0.863. The Kier molecular flexibility index (Phi) is 3.03. The van der Waals surface area contributed by atoms with E-state index in [0.29, 0.717) is 6.54 Å². The second-order valence-corrected chi connectivity index (χ2v) is 4.79. The lowest BCUT2D eigenvalue weighted by Gasteiger charge is -2.35. The molecule has 0 aliphatic carbocycles. The van der Waals surface area contributed by atoms with E-state index < -0.39 is 11.9 Å². The molecule has 3 heteroatoms. The lowest BCUT2D eigenvalue weighted by Crippen LogP contribution is -2.28. The Morgan fingerprint density at radius 3 is 2.05 bits per heavy atom. The van der Waals surface area contributed by atoms with Crippen LogP contribution in [0.25, 0.3) is 0 Å². The average molecular weight is 265 g/mol. The third kappa shape index (κ3) is 1.79. The van der Waals surface area contributed by atoms with Gasteiger partial charge in [0.1, 0.15) is 5.92 Å². The molecule has 0 unspecified atom stereocenters. The average Bonchev–Trinajstić information content (AvgIpc) is 2.47. The van der Waals surface area contributed by atoms with Crippen molar-refractivity contribution in [3.8, 4) is 0 Å². The number of carboxylic acid groups (broad SMARTS) is 1. The number of anilines is 2. The summed E-state index contributed by atoms with van der Waals surface area (Å²) in [5.74, 6) is -1.42. The smallest absolute Gasteiger partial charge is 0.315 e. The predicted molar refractivity (Wildman–Crippen MR) is 79.6 cm³/mol. The highest BCUT2D eigenvalue weighted by Crippen LogP contribution is 2.45. The molecule has 1 N–H and O–H groups in total. The van der Waals surface area contributed by atoms with Crippen molar-refractivity contribution in [1.29, 1.82) is 0 Å². The molecule has 0 amide bonds. The third-order valence-corrected chi connectivity index (χ3v) is 3.64. The van der Waals surface area contributed by atoms with Gasteiger partial charge in [0.2, 0.25) is 0 Å². The molecular formula is C17H15NO2. The van der Waals surface area contributed by atoms with Crippen LogP contribution in [-0.4, -0.2) is 17.6 Å². The molecular weight excluding hydrogens is 250 g/mol. The van der Waals surface area contributed by atoms with Gasteiger partial charge in [0.15, 0.2) is 0 Å². The highest BCUT2D eigenvalue weighted by Gasteiger charge is 2.33. The molecule has 0 saturated carbocycles. The van der Waals surface area contributed by atoms with Crippen molar-refractivity contribution < 1.29 is 9.90 Å². The van der Waals surface area contributed by atoms with Crippen molar-refractivity contribution in [1.82, 2.24) is 0 Å². The van der Waals surface area contributed by atoms with E-state index in [2.05, 4.69) is 11.5 Å². The molecule has 0 fully saturated rings. The normalized spacial score (nSPS) is 13.5. The maximum absolute atomic E-state index is 11.7. The maximum atomic E-state index is 11.7. The van der Waals surface area contributed by atoms with Crippen LogP contribution in [-0.2, 0) is 4.79 Å². The summed E-state index contributed by atoms with van der Waals surface area (Å²) >= 11 is 0. The number of carbonyl (C=O) groups is 1. The second-order valence-electron chi connectivity index (χ2n) is 4.79. The van der Waals surface area contributed by atoms with E-state index in [4.69, 9.17) is 0 Å². The zero-order valence-corrected chi connectivity index (χ0v) is 11.0. The van der Waals surface area contributed by atoms with Gasteiger partial charge in [-0.2, -0.15) is 0 Å². The fourth-order valence-electron chi connectivity index (χ4n) is 2.84. The lowest BCUT2D eigenvalue weighted by molar-refractivity contribution is -0.137. The number of para-hydroxylation sites is 2. The summed E-state index contributed by atoms with van der Waals surface area (Å²) in [6.07, 6.45) is 1.83. The van der Waals surface area contributed by atoms with Crippen LogP contribution in [0.2, 0.25) is 0 Å². The van der Waals surface area contributed by atoms with Crippen LogP contribution in [0.15, 0.2) is 61.2 Å². The number of hydrogen-bond donors (Lipinski definition) is 1. The predicted octanol–water partition coefficient (Wildman–Crippen LogP) is 3.54. The molecule has 0 saturated heterocycles. The summed E-state index contributed by atoms with van der Waals surface area (Å²) in [7, 11) is 0. The molecule has 0 radical (unpaired) electrons. The van der Waals surface area contributed by atoms with Gasteiger partial charge >= 0.3 is 5.97 Å². The first-order valence-electron chi connectivity index (χ1n) is 6.53. The Morgan fingerprint density at radius 1 is 1.10 bits per heavy atom. The zero-order chi connectivity index (χ0) is 14.1. The monoisotopic (exact) mass is 265 g/mol. The van der Waals surface area contributed by atoms with E-state index in [1.54, 1.807) is 0 Å². The maximum Gasteiger partial charge on any atom is 0.315 e. The van der Waals surface area contributed by atoms with Gasteiger partial charge in [0, 0.05) is 17.9 Å². The Balaban J connectivity index is 2.27. The largest absolute Gasteiger partial charge is 0.481 e. The van der Waals surface area contributed by atoms with Crippen LogP contribution in [0.1, 0.15) is 17.0 Å². The first-order chi connectivity index (χ1) is 9.74. The van der Waals surface area contributed by atoms with E-state index in [-0.39, 0.29) is 0 Å². The highest BCUT2D eigenvalue weighted by molar-refractivity contribution is 5.90. The Hall–Kier alpha value is -2.55. The first kappa shape index (κ1) is 12.5. The van der Waals surface area contributed by atoms with Crippen molar-refractivity contribution in [2.24, 2.45) is 0 Å². The van der Waals surface area contributed by atoms with E-state index in [9.17, 15) is 9.90 Å². The molecule has 2 aromatic carbocycles. The van der Waals surface area contributed by atoms with Gasteiger partial charge in [-0.1, -0.05) is 42.5 Å². The molecule has 0 bridgehead atoms. The summed E-state index contributed by atoms with van der Waals surface area (Å²) in [4.78, 5) is 13.8. The fraction of sp³-hybridized carbons (Fsp3) is 0.118. The van der Waals surface area contributed by atoms with Crippen LogP contribution in [0.4, 0.5) is 11.4 Å². The summed E-state index contributed by atoms with van der Waals surface area (Å²) in [5, 5.41) is 9.61. The molecule has 1 aliphatic rings. The first-order valence-corrected chi connectivity index (χ1v) is 6.53. The summed E-state index contributed by atoms with van der Waals surface area (Å²) < 4.78 is 0. The van der Waals surface area contributed by atoms with Gasteiger partial charge in [-0.05, 0) is 23.3 Å². The Morgan fingerprint density at radius 2 is 1.60 bits per heavy atom. The number of nitrogens with zero attached hydrogens (tertiary/aromatic N) is 1. The van der Waals surface area contributed by atoms with Gasteiger partial charge in [-0.25, -0.2) is 0 Å². The minimum absolute atomic E-state index is 0.608. The minimum Gasteiger partial charge on any atom is -0.481 e. The number of rotatable bonds is 3. The summed E-state index contributed by atoms with van der Waals surface area (Å²) in [6.45, 7) is 4.45. The van der Waals surface area contributed by atoms with Gasteiger partial charge in [0.05, 0.1) is 0 Å². The number of aliphatic carboxylic acids is 1. The highest BCUT2D eigenvalue weighted by atomic mass is 16.4. The number of hydrogen-bond acceptors (Lipinski definition) is 2. The van der Waals surface area contributed by atoms with Gasteiger partial charge in [-0.3, -0.25) is 4.79 Å². The van der Waals surface area contributed by atoms with E-state index in [1.807, 2.05) is 54.6 Å². The van der Waals surface area contributed by atoms with Gasteiger partial charge < -0.3 is 10.0 Å². The Bertz CT molecular complexity index is 631. The minimum atomic E-state index is -0.817. The van der Waals surface area contributed by atoms with E-state index >= 15 is 0 Å². The molecule has 0 atom stereocenters. The third-order valence-electron chi connectivity index (χ3n) is 3.64. The lowest BCUT2D eigenvalue weighted by atomic mass is 9.85. The topological polar surface area (TPSA) is 40.5 Å². The van der Waals surface area contributed by atoms with Crippen LogP contribution >= 0.6 is 0 Å². The van der Waals surface area contributed by atoms with Crippen molar-refractivity contribution >= 4 is 17.3 Å². The van der Waals surface area contributed by atoms with Crippen molar-refractivity contribution in [2.45, 2.75) is 5.92 Å². The molecule has 0 spiro atoms. The molecule has 2 aromatic rings. The number of carboxylic acids is 1. The molecule has 100 valence electrons. The fourth-order valence-corrected chi connectivity index (χ4v) is 2.84. The molecule has 1 heterocycles. The molecule has 3 nitrogen and oxygen atoms in total. The van der Waals surface area contributed by atoms with E-state index in [0.717, 1.165) is 22.5 Å². The molecule has 1 aliphatic heterocycles. The second kappa shape index (κ2) is 4.85. The van der Waals surface area contributed by atoms with E-state index in [1.165, 1.54) is 0 Å². The van der Waals surface area contributed by atoms with Crippen LogP contribution < -0.4 is 4.90 Å². The zero-order valence-electron chi connectivity index (χ0n) is 11.0. The van der Waals surface area contributed by atoms with Crippen molar-refractivity contribution in [3.63, 3.8) is 0 Å². The van der Waals surface area contributed by atoms with Crippen molar-refractivity contribution in [2.75, 3.05) is 11.4 Å². The molecule has 20 heavy (non-hydrogen) atoms.